The fourth-order valence-corrected chi connectivity index (χ4v) is 6.86. The maximum Gasteiger partial charge on any atom is 0.228 e. The Morgan fingerprint density at radius 3 is 2.31 bits per heavy atom. The number of nitrogens with two attached hydrogens (primary N) is 1. The molecule has 2 fully saturated rings. The molecule has 6 aromatic rings. The van der Waals surface area contributed by atoms with Crippen molar-refractivity contribution in [3.63, 3.8) is 0 Å². The predicted molar refractivity (Wildman–Crippen MR) is 176 cm³/mol. The number of imidazole rings is 1. The number of pyridine rings is 2. The number of anilines is 2. The molecule has 10 heteroatoms. The van der Waals surface area contributed by atoms with Gasteiger partial charge in [0, 0.05) is 37.1 Å². The van der Waals surface area contributed by atoms with E-state index in [1.54, 1.807) is 18.9 Å². The van der Waals surface area contributed by atoms with E-state index >= 15 is 0 Å². The second-order valence-electron chi connectivity index (χ2n) is 12.2. The van der Waals surface area contributed by atoms with Gasteiger partial charge in [0.2, 0.25) is 5.95 Å². The molecule has 0 atom stereocenters. The zero-order chi connectivity index (χ0) is 30.2. The van der Waals surface area contributed by atoms with Crippen LogP contribution in [0.2, 0.25) is 0 Å². The van der Waals surface area contributed by atoms with Gasteiger partial charge in [-0.15, -0.1) is 0 Å². The highest BCUT2D eigenvalue weighted by atomic mass is 15.3. The Labute approximate surface area is 261 Å². The zero-order valence-corrected chi connectivity index (χ0v) is 25.0. The van der Waals surface area contributed by atoms with E-state index in [2.05, 4.69) is 70.7 Å². The van der Waals surface area contributed by atoms with Crippen LogP contribution in [0, 0.1) is 5.41 Å². The first-order valence-electron chi connectivity index (χ1n) is 15.5. The number of hydrogen-bond acceptors (Lipinski definition) is 9. The Balaban J connectivity index is 1.04. The Morgan fingerprint density at radius 2 is 1.53 bits per heavy atom. The molecular weight excluding hydrogens is 560 g/mol. The predicted octanol–water partition coefficient (Wildman–Crippen LogP) is 5.41. The van der Waals surface area contributed by atoms with Gasteiger partial charge in [0.15, 0.2) is 11.5 Å². The molecule has 45 heavy (non-hydrogen) atoms. The third-order valence-corrected chi connectivity index (χ3v) is 9.37. The van der Waals surface area contributed by atoms with Crippen molar-refractivity contribution >= 4 is 22.9 Å². The number of likely N-dealkylation sites (tertiary alicyclic amines) is 1. The number of nitrogen functional groups attached to an aromatic ring is 1. The Bertz CT molecular complexity index is 1930. The van der Waals surface area contributed by atoms with Crippen LogP contribution in [-0.4, -0.2) is 65.5 Å². The van der Waals surface area contributed by atoms with Gasteiger partial charge in [-0.3, -0.25) is 9.47 Å². The summed E-state index contributed by atoms with van der Waals surface area (Å²) in [6.07, 6.45) is 8.46. The molecule has 2 aromatic carbocycles. The van der Waals surface area contributed by atoms with Gasteiger partial charge in [-0.2, -0.15) is 0 Å². The van der Waals surface area contributed by atoms with E-state index in [1.165, 1.54) is 24.8 Å². The highest BCUT2D eigenvalue weighted by Crippen LogP contribution is 2.41. The van der Waals surface area contributed by atoms with E-state index in [0.29, 0.717) is 11.2 Å². The summed E-state index contributed by atoms with van der Waals surface area (Å²) in [7, 11) is 0. The third kappa shape index (κ3) is 5.27. The van der Waals surface area contributed by atoms with E-state index in [-0.39, 0.29) is 0 Å². The smallest absolute Gasteiger partial charge is 0.228 e. The number of piperidine rings is 1. The Morgan fingerprint density at radius 1 is 0.756 bits per heavy atom. The first kappa shape index (κ1) is 27.3. The summed E-state index contributed by atoms with van der Waals surface area (Å²) in [6.45, 7) is 5.16. The molecule has 1 spiro atoms. The van der Waals surface area contributed by atoms with Gasteiger partial charge < -0.3 is 10.6 Å². The molecular formula is C35H34N10. The minimum Gasteiger partial charge on any atom is -0.383 e. The maximum atomic E-state index is 6.35. The average molecular weight is 595 g/mol. The van der Waals surface area contributed by atoms with Crippen LogP contribution in [0.25, 0.3) is 39.5 Å². The van der Waals surface area contributed by atoms with E-state index in [4.69, 9.17) is 15.7 Å². The normalized spacial score (nSPS) is 16.5. The van der Waals surface area contributed by atoms with E-state index in [9.17, 15) is 0 Å². The van der Waals surface area contributed by atoms with Crippen molar-refractivity contribution in [2.24, 2.45) is 5.41 Å². The molecule has 2 N–H and O–H groups in total. The lowest BCUT2D eigenvalue weighted by atomic mass is 9.77. The van der Waals surface area contributed by atoms with Gasteiger partial charge >= 0.3 is 0 Å². The van der Waals surface area contributed by atoms with Crippen LogP contribution in [-0.2, 0) is 6.54 Å². The summed E-state index contributed by atoms with van der Waals surface area (Å²) in [5, 5.41) is 0. The van der Waals surface area contributed by atoms with Crippen LogP contribution in [0.4, 0.5) is 11.8 Å². The minimum absolute atomic E-state index is 0.353. The van der Waals surface area contributed by atoms with Gasteiger partial charge in [0.25, 0.3) is 0 Å². The van der Waals surface area contributed by atoms with Crippen LogP contribution < -0.4 is 10.6 Å². The topological polar surface area (TPSA) is 115 Å². The molecule has 8 rings (SSSR count). The Hall–Kier alpha value is -5.22. The summed E-state index contributed by atoms with van der Waals surface area (Å²) < 4.78 is 2.10. The number of benzene rings is 2. The van der Waals surface area contributed by atoms with E-state index < -0.39 is 0 Å². The zero-order valence-electron chi connectivity index (χ0n) is 25.0. The summed E-state index contributed by atoms with van der Waals surface area (Å²) in [5.74, 6) is 1.97. The van der Waals surface area contributed by atoms with Crippen molar-refractivity contribution in [2.45, 2.75) is 25.8 Å². The number of rotatable bonds is 6. The quantitative estimate of drug-likeness (QED) is 0.270. The van der Waals surface area contributed by atoms with Crippen LogP contribution in [0.3, 0.4) is 0 Å². The van der Waals surface area contributed by atoms with Gasteiger partial charge in [-0.05, 0) is 79.7 Å². The van der Waals surface area contributed by atoms with Crippen molar-refractivity contribution in [1.29, 1.82) is 0 Å². The van der Waals surface area contributed by atoms with Crippen molar-refractivity contribution < 1.29 is 0 Å². The molecule has 2 aliphatic rings. The molecule has 0 aliphatic carbocycles. The largest absolute Gasteiger partial charge is 0.383 e. The average Bonchev–Trinajstić information content (AvgIpc) is 3.69. The van der Waals surface area contributed by atoms with Crippen molar-refractivity contribution in [3.8, 4) is 28.3 Å². The summed E-state index contributed by atoms with van der Waals surface area (Å²) in [4.78, 5) is 32.0. The van der Waals surface area contributed by atoms with E-state index in [0.717, 1.165) is 78.2 Å². The number of hydrogen-bond donors (Lipinski definition) is 1. The minimum atomic E-state index is 0.353. The number of nitrogens with zero attached hydrogens (tertiary/aromatic N) is 9. The van der Waals surface area contributed by atoms with Gasteiger partial charge in [0.1, 0.15) is 24.0 Å². The highest BCUT2D eigenvalue weighted by Gasteiger charge is 2.41. The van der Waals surface area contributed by atoms with Crippen LogP contribution >= 0.6 is 0 Å². The van der Waals surface area contributed by atoms with Crippen LogP contribution in [0.1, 0.15) is 24.8 Å². The van der Waals surface area contributed by atoms with Gasteiger partial charge in [-0.25, -0.2) is 29.9 Å². The lowest BCUT2D eigenvalue weighted by molar-refractivity contribution is 0.115. The second-order valence-corrected chi connectivity index (χ2v) is 12.2. The molecule has 4 aromatic heterocycles. The number of fused-ring (bicyclic) bond motifs is 1. The third-order valence-electron chi connectivity index (χ3n) is 9.37. The SMILES string of the molecule is Nc1ncccc1-c1nc2ccc(-c3ccccc3)nc2n1-c1ccc(CN2CCC3(CC2)CCN(c2ncncn2)C3)cc1. The van der Waals surface area contributed by atoms with Crippen molar-refractivity contribution in [1.82, 2.24) is 39.4 Å². The molecule has 2 saturated heterocycles. The standard InChI is InChI=1S/C35H34N10/c36-31-28(7-4-17-38-31)32-42-30-13-12-29(26-5-2-1-3-6-26)41-33(30)45(32)27-10-8-25(9-11-27)21-43-18-14-35(15-19-43)16-20-44(22-35)34-39-23-37-24-40-34/h1-13,17,23-24H,14-16,18-22H2,(H2,36,38). The van der Waals surface area contributed by atoms with Gasteiger partial charge in [-0.1, -0.05) is 42.5 Å². The molecule has 2 aliphatic heterocycles. The molecule has 0 bridgehead atoms. The van der Waals surface area contributed by atoms with Gasteiger partial charge in [0.05, 0.1) is 11.3 Å². The lowest BCUT2D eigenvalue weighted by Gasteiger charge is -2.39. The lowest BCUT2D eigenvalue weighted by Crippen LogP contribution is -2.41. The fourth-order valence-electron chi connectivity index (χ4n) is 6.86. The van der Waals surface area contributed by atoms with E-state index in [1.807, 2.05) is 42.5 Å². The molecule has 0 radical (unpaired) electrons. The maximum absolute atomic E-state index is 6.35. The molecule has 10 nitrogen and oxygen atoms in total. The second kappa shape index (κ2) is 11.4. The highest BCUT2D eigenvalue weighted by molar-refractivity contribution is 5.84. The van der Waals surface area contributed by atoms with Crippen molar-refractivity contribution in [3.05, 3.63) is 103 Å². The summed E-state index contributed by atoms with van der Waals surface area (Å²) in [5.41, 5.74) is 13.3. The summed E-state index contributed by atoms with van der Waals surface area (Å²) >= 11 is 0. The Kier molecular flexibility index (Phi) is 6.91. The first-order chi connectivity index (χ1) is 22.1. The van der Waals surface area contributed by atoms with Crippen LogP contribution in [0.5, 0.6) is 0 Å². The monoisotopic (exact) mass is 594 g/mol. The molecule has 0 unspecified atom stereocenters. The molecule has 224 valence electrons. The first-order valence-corrected chi connectivity index (χ1v) is 15.5. The molecule has 6 heterocycles. The number of aromatic nitrogens is 7. The van der Waals surface area contributed by atoms with Crippen LogP contribution in [0.15, 0.2) is 97.7 Å². The fraction of sp³-hybridized carbons (Fsp3) is 0.257. The molecule has 0 amide bonds. The molecule has 0 saturated carbocycles. The summed E-state index contributed by atoms with van der Waals surface area (Å²) in [6, 6.07) is 26.9. The van der Waals surface area contributed by atoms with Crippen molar-refractivity contribution in [2.75, 3.05) is 36.8 Å².